The monoisotopic (exact) mass is 294 g/mol. The zero-order valence-electron chi connectivity index (χ0n) is 12.2. The molecule has 0 atom stereocenters. The molecule has 3 aromatic heterocycles. The van der Waals surface area contributed by atoms with Crippen LogP contribution in [0.4, 0.5) is 5.82 Å². The van der Waals surface area contributed by atoms with Gasteiger partial charge in [0.1, 0.15) is 5.82 Å². The lowest BCUT2D eigenvalue weighted by Gasteiger charge is -2.17. The summed E-state index contributed by atoms with van der Waals surface area (Å²) < 4.78 is 3.52. The average Bonchev–Trinajstić information content (AvgIpc) is 3.12. The van der Waals surface area contributed by atoms with Gasteiger partial charge in [-0.15, -0.1) is 14.8 Å². The van der Waals surface area contributed by atoms with Crippen molar-refractivity contribution in [3.8, 4) is 0 Å². The number of hydrogen-bond donors (Lipinski definition) is 0. The molecule has 0 aliphatic rings. The standard InChI is InChI=1S/C14H14N8/c1-20(13-8-7-12-16-18-19-22(12)17-13)9-14-15-10-5-3-4-6-11(10)21(14)2/h3-8H,9H2,1-2H3. The van der Waals surface area contributed by atoms with Gasteiger partial charge < -0.3 is 9.47 Å². The van der Waals surface area contributed by atoms with E-state index >= 15 is 0 Å². The number of anilines is 1. The van der Waals surface area contributed by atoms with E-state index in [0.717, 1.165) is 22.7 Å². The zero-order valence-corrected chi connectivity index (χ0v) is 12.2. The van der Waals surface area contributed by atoms with Gasteiger partial charge in [-0.2, -0.15) is 0 Å². The number of nitrogens with zero attached hydrogens (tertiary/aromatic N) is 8. The highest BCUT2D eigenvalue weighted by Gasteiger charge is 2.12. The van der Waals surface area contributed by atoms with Crippen LogP contribution in [-0.4, -0.2) is 41.9 Å². The van der Waals surface area contributed by atoms with Crippen molar-refractivity contribution >= 4 is 22.5 Å². The van der Waals surface area contributed by atoms with E-state index in [0.29, 0.717) is 12.2 Å². The molecular weight excluding hydrogens is 280 g/mol. The fraction of sp³-hybridized carbons (Fsp3) is 0.214. The van der Waals surface area contributed by atoms with Gasteiger partial charge in [0, 0.05) is 14.1 Å². The largest absolute Gasteiger partial charge is 0.351 e. The van der Waals surface area contributed by atoms with Gasteiger partial charge in [-0.3, -0.25) is 0 Å². The number of rotatable bonds is 3. The number of aromatic nitrogens is 7. The number of tetrazole rings is 1. The lowest BCUT2D eigenvalue weighted by molar-refractivity contribution is 0.708. The Kier molecular flexibility index (Phi) is 2.75. The first-order chi connectivity index (χ1) is 10.7. The molecule has 0 saturated heterocycles. The molecule has 22 heavy (non-hydrogen) atoms. The molecule has 0 aliphatic heterocycles. The normalized spacial score (nSPS) is 11.4. The molecule has 8 nitrogen and oxygen atoms in total. The minimum Gasteiger partial charge on any atom is -0.351 e. The molecule has 110 valence electrons. The fourth-order valence-electron chi connectivity index (χ4n) is 2.47. The van der Waals surface area contributed by atoms with E-state index in [9.17, 15) is 0 Å². The van der Waals surface area contributed by atoms with Crippen molar-refractivity contribution in [1.82, 2.24) is 34.8 Å². The van der Waals surface area contributed by atoms with Crippen LogP contribution >= 0.6 is 0 Å². The van der Waals surface area contributed by atoms with Crippen LogP contribution in [0.3, 0.4) is 0 Å². The third-order valence-corrected chi connectivity index (χ3v) is 3.70. The van der Waals surface area contributed by atoms with Crippen LogP contribution in [0.1, 0.15) is 5.82 Å². The Labute approximate surface area is 126 Å². The van der Waals surface area contributed by atoms with E-state index in [-0.39, 0.29) is 0 Å². The molecule has 0 radical (unpaired) electrons. The van der Waals surface area contributed by atoms with Crippen LogP contribution in [0, 0.1) is 0 Å². The summed E-state index contributed by atoms with van der Waals surface area (Å²) in [5, 5.41) is 15.6. The maximum absolute atomic E-state index is 4.68. The van der Waals surface area contributed by atoms with Gasteiger partial charge in [0.15, 0.2) is 11.5 Å². The van der Waals surface area contributed by atoms with E-state index in [4.69, 9.17) is 0 Å². The summed E-state index contributed by atoms with van der Waals surface area (Å²) in [6, 6.07) is 11.8. The molecule has 1 aromatic carbocycles. The smallest absolute Gasteiger partial charge is 0.200 e. The Morgan fingerprint density at radius 2 is 2.00 bits per heavy atom. The summed E-state index contributed by atoms with van der Waals surface area (Å²) in [5.74, 6) is 1.76. The Morgan fingerprint density at radius 1 is 1.14 bits per heavy atom. The number of aryl methyl sites for hydroxylation is 1. The van der Waals surface area contributed by atoms with Gasteiger partial charge >= 0.3 is 0 Å². The van der Waals surface area contributed by atoms with Gasteiger partial charge in [-0.1, -0.05) is 12.1 Å². The van der Waals surface area contributed by atoms with E-state index in [1.807, 2.05) is 49.3 Å². The van der Waals surface area contributed by atoms with Crippen molar-refractivity contribution < 1.29 is 0 Å². The highest BCUT2D eigenvalue weighted by molar-refractivity contribution is 5.75. The van der Waals surface area contributed by atoms with Crippen molar-refractivity contribution in [1.29, 1.82) is 0 Å². The molecule has 8 heteroatoms. The van der Waals surface area contributed by atoms with Crippen LogP contribution in [-0.2, 0) is 13.6 Å². The van der Waals surface area contributed by atoms with E-state index in [1.165, 1.54) is 4.63 Å². The third-order valence-electron chi connectivity index (χ3n) is 3.70. The predicted octanol–water partition coefficient (Wildman–Crippen LogP) is 1.04. The summed E-state index contributed by atoms with van der Waals surface area (Å²) >= 11 is 0. The fourth-order valence-corrected chi connectivity index (χ4v) is 2.47. The summed E-state index contributed by atoms with van der Waals surface area (Å²) in [5.41, 5.74) is 2.74. The molecule has 0 N–H and O–H groups in total. The Balaban J connectivity index is 1.67. The minimum atomic E-state index is 0.625. The van der Waals surface area contributed by atoms with Crippen LogP contribution < -0.4 is 4.90 Å². The number of hydrogen-bond acceptors (Lipinski definition) is 6. The highest BCUT2D eigenvalue weighted by atomic mass is 15.6. The van der Waals surface area contributed by atoms with Crippen molar-refractivity contribution in [2.45, 2.75) is 6.54 Å². The van der Waals surface area contributed by atoms with Gasteiger partial charge in [-0.25, -0.2) is 4.98 Å². The molecule has 3 heterocycles. The second kappa shape index (κ2) is 4.76. The molecule has 0 fully saturated rings. The van der Waals surface area contributed by atoms with E-state index < -0.39 is 0 Å². The topological polar surface area (TPSA) is 77.0 Å². The first-order valence-electron chi connectivity index (χ1n) is 6.89. The number of para-hydroxylation sites is 2. The summed E-state index contributed by atoms with van der Waals surface area (Å²) in [6.07, 6.45) is 0. The zero-order chi connectivity index (χ0) is 15.1. The second-order valence-corrected chi connectivity index (χ2v) is 5.15. The lowest BCUT2D eigenvalue weighted by atomic mass is 10.3. The van der Waals surface area contributed by atoms with Crippen LogP contribution in [0.2, 0.25) is 0 Å². The van der Waals surface area contributed by atoms with Crippen LogP contribution in [0.25, 0.3) is 16.7 Å². The minimum absolute atomic E-state index is 0.625. The molecule has 0 aliphatic carbocycles. The summed E-state index contributed by atoms with van der Waals surface area (Å²) in [7, 11) is 3.99. The quantitative estimate of drug-likeness (QED) is 0.562. The van der Waals surface area contributed by atoms with Crippen LogP contribution in [0.15, 0.2) is 36.4 Å². The predicted molar refractivity (Wildman–Crippen MR) is 81.4 cm³/mol. The number of fused-ring (bicyclic) bond motifs is 2. The maximum Gasteiger partial charge on any atom is 0.200 e. The van der Waals surface area contributed by atoms with Gasteiger partial charge in [0.05, 0.1) is 17.6 Å². The van der Waals surface area contributed by atoms with Crippen molar-refractivity contribution in [2.24, 2.45) is 7.05 Å². The molecule has 4 aromatic rings. The first-order valence-corrected chi connectivity index (χ1v) is 6.89. The van der Waals surface area contributed by atoms with Crippen molar-refractivity contribution in [3.63, 3.8) is 0 Å². The lowest BCUT2D eigenvalue weighted by Crippen LogP contribution is -2.21. The van der Waals surface area contributed by atoms with Gasteiger partial charge in [0.25, 0.3) is 0 Å². The first kappa shape index (κ1) is 12.7. The molecule has 0 unspecified atom stereocenters. The number of benzene rings is 1. The average molecular weight is 294 g/mol. The second-order valence-electron chi connectivity index (χ2n) is 5.15. The Bertz CT molecular complexity index is 954. The molecule has 0 spiro atoms. The van der Waals surface area contributed by atoms with Crippen LogP contribution in [0.5, 0.6) is 0 Å². The van der Waals surface area contributed by atoms with Crippen molar-refractivity contribution in [3.05, 3.63) is 42.2 Å². The molecule has 0 bridgehead atoms. The molecule has 4 rings (SSSR count). The van der Waals surface area contributed by atoms with E-state index in [2.05, 4.69) is 36.2 Å². The molecule has 0 amide bonds. The van der Waals surface area contributed by atoms with Crippen molar-refractivity contribution in [2.75, 3.05) is 11.9 Å². The number of imidazole rings is 1. The summed E-state index contributed by atoms with van der Waals surface area (Å²) in [4.78, 5) is 6.69. The Morgan fingerprint density at radius 3 is 2.86 bits per heavy atom. The Hall–Kier alpha value is -3.03. The molecule has 0 saturated carbocycles. The highest BCUT2D eigenvalue weighted by Crippen LogP contribution is 2.17. The van der Waals surface area contributed by atoms with Gasteiger partial charge in [0.2, 0.25) is 0 Å². The van der Waals surface area contributed by atoms with Gasteiger partial charge in [-0.05, 0) is 34.7 Å². The summed E-state index contributed by atoms with van der Waals surface area (Å²) in [6.45, 7) is 0.645. The SMILES string of the molecule is CN(Cc1nc2ccccc2n1C)c1ccc2nnnn2n1. The van der Waals surface area contributed by atoms with E-state index in [1.54, 1.807) is 0 Å². The third kappa shape index (κ3) is 1.96. The maximum atomic E-state index is 4.68. The molecular formula is C14H14N8.